The molecule has 142 valence electrons. The number of nitrogens with one attached hydrogen (secondary N) is 2. The summed E-state index contributed by atoms with van der Waals surface area (Å²) in [5, 5.41) is 1.21. The highest BCUT2D eigenvalue weighted by molar-refractivity contribution is 5.83. The van der Waals surface area contributed by atoms with Crippen LogP contribution in [-0.4, -0.2) is 15.0 Å². The molecule has 0 saturated carbocycles. The molecule has 0 bridgehead atoms. The molecule has 29 heavy (non-hydrogen) atoms. The van der Waals surface area contributed by atoms with Crippen LogP contribution in [0.2, 0.25) is 0 Å². The van der Waals surface area contributed by atoms with E-state index in [2.05, 4.69) is 52.4 Å². The van der Waals surface area contributed by atoms with Crippen molar-refractivity contribution in [2.24, 2.45) is 5.73 Å². The number of rotatable bonds is 5. The van der Waals surface area contributed by atoms with Gasteiger partial charge in [-0.25, -0.2) is 4.98 Å². The molecule has 1 unspecified atom stereocenters. The number of benzene rings is 3. The quantitative estimate of drug-likeness (QED) is 0.380. The van der Waals surface area contributed by atoms with Gasteiger partial charge < -0.3 is 15.7 Å². The van der Waals surface area contributed by atoms with Crippen molar-refractivity contribution >= 4 is 10.9 Å². The van der Waals surface area contributed by atoms with Crippen molar-refractivity contribution in [1.82, 2.24) is 15.0 Å². The van der Waals surface area contributed by atoms with Gasteiger partial charge in [0.15, 0.2) is 0 Å². The van der Waals surface area contributed by atoms with Crippen molar-refractivity contribution in [3.8, 4) is 22.5 Å². The minimum Gasteiger partial charge on any atom is -0.361 e. The minimum absolute atomic E-state index is 0.228. The largest absolute Gasteiger partial charge is 0.361 e. The molecule has 0 aliphatic rings. The maximum atomic E-state index is 6.61. The molecule has 0 radical (unpaired) electrons. The number of nitrogens with two attached hydrogens (primary N) is 1. The van der Waals surface area contributed by atoms with E-state index in [0.29, 0.717) is 6.42 Å². The van der Waals surface area contributed by atoms with Gasteiger partial charge in [-0.2, -0.15) is 0 Å². The molecule has 0 spiro atoms. The lowest BCUT2D eigenvalue weighted by molar-refractivity contribution is 0.681. The molecule has 0 saturated heterocycles. The van der Waals surface area contributed by atoms with Gasteiger partial charge in [0.2, 0.25) is 0 Å². The van der Waals surface area contributed by atoms with Crippen LogP contribution in [0.3, 0.4) is 0 Å². The van der Waals surface area contributed by atoms with E-state index >= 15 is 0 Å². The molecular weight excluding hydrogens is 356 g/mol. The van der Waals surface area contributed by atoms with Crippen LogP contribution in [0, 0.1) is 0 Å². The number of imidazole rings is 1. The monoisotopic (exact) mass is 378 g/mol. The summed E-state index contributed by atoms with van der Waals surface area (Å²) in [6, 6.07) is 28.6. The molecule has 3 aromatic carbocycles. The van der Waals surface area contributed by atoms with Crippen molar-refractivity contribution in [2.45, 2.75) is 12.5 Å². The number of fused-ring (bicyclic) bond motifs is 1. The van der Waals surface area contributed by atoms with Crippen molar-refractivity contribution in [3.05, 3.63) is 103 Å². The van der Waals surface area contributed by atoms with Gasteiger partial charge in [0.05, 0.1) is 17.4 Å². The molecule has 0 fully saturated rings. The van der Waals surface area contributed by atoms with Crippen LogP contribution in [0.4, 0.5) is 0 Å². The van der Waals surface area contributed by atoms with Gasteiger partial charge in [-0.05, 0) is 18.1 Å². The van der Waals surface area contributed by atoms with Gasteiger partial charge in [-0.15, -0.1) is 0 Å². The zero-order valence-corrected chi connectivity index (χ0v) is 16.0. The van der Waals surface area contributed by atoms with E-state index in [9.17, 15) is 0 Å². The third kappa shape index (κ3) is 3.35. The topological polar surface area (TPSA) is 70.5 Å². The summed E-state index contributed by atoms with van der Waals surface area (Å²) in [7, 11) is 0. The summed E-state index contributed by atoms with van der Waals surface area (Å²) in [4.78, 5) is 11.8. The van der Waals surface area contributed by atoms with Crippen LogP contribution in [0.15, 0.2) is 91.1 Å². The number of nitrogens with zero attached hydrogens (tertiary/aromatic N) is 1. The van der Waals surface area contributed by atoms with Crippen LogP contribution in [0.25, 0.3) is 33.4 Å². The second-order valence-corrected chi connectivity index (χ2v) is 7.25. The first-order valence-electron chi connectivity index (χ1n) is 9.81. The van der Waals surface area contributed by atoms with E-state index in [0.717, 1.165) is 33.9 Å². The molecule has 0 amide bonds. The third-order valence-corrected chi connectivity index (χ3v) is 5.30. The lowest BCUT2D eigenvalue weighted by atomic mass is 10.1. The third-order valence-electron chi connectivity index (χ3n) is 5.30. The van der Waals surface area contributed by atoms with Gasteiger partial charge in [-0.3, -0.25) is 0 Å². The van der Waals surface area contributed by atoms with Gasteiger partial charge in [0.25, 0.3) is 0 Å². The van der Waals surface area contributed by atoms with Crippen LogP contribution in [0.5, 0.6) is 0 Å². The zero-order valence-electron chi connectivity index (χ0n) is 16.0. The number of aromatic nitrogens is 3. The second-order valence-electron chi connectivity index (χ2n) is 7.25. The molecule has 1 atom stereocenters. The number of hydrogen-bond acceptors (Lipinski definition) is 2. The van der Waals surface area contributed by atoms with Gasteiger partial charge in [0.1, 0.15) is 5.82 Å². The van der Waals surface area contributed by atoms with Crippen molar-refractivity contribution < 1.29 is 0 Å². The average Bonchev–Trinajstić information content (AvgIpc) is 3.40. The fourth-order valence-electron chi connectivity index (χ4n) is 3.82. The average molecular weight is 378 g/mol. The van der Waals surface area contributed by atoms with Gasteiger partial charge in [-0.1, -0.05) is 78.9 Å². The van der Waals surface area contributed by atoms with Crippen molar-refractivity contribution in [1.29, 1.82) is 0 Å². The summed E-state index contributed by atoms with van der Waals surface area (Å²) in [6.07, 6.45) is 2.75. The highest BCUT2D eigenvalue weighted by atomic mass is 15.0. The second kappa shape index (κ2) is 7.41. The van der Waals surface area contributed by atoms with Gasteiger partial charge >= 0.3 is 0 Å². The predicted octanol–water partition coefficient (Wildman–Crippen LogP) is 5.47. The molecular formula is C25H22N4. The summed E-state index contributed by atoms with van der Waals surface area (Å²) in [5.74, 6) is 0.799. The van der Waals surface area contributed by atoms with E-state index in [-0.39, 0.29) is 6.04 Å². The molecule has 0 aliphatic heterocycles. The summed E-state index contributed by atoms with van der Waals surface area (Å²) >= 11 is 0. The van der Waals surface area contributed by atoms with Crippen LogP contribution >= 0.6 is 0 Å². The first-order valence-corrected chi connectivity index (χ1v) is 9.81. The Hall–Kier alpha value is -3.63. The number of hydrogen-bond donors (Lipinski definition) is 3. The van der Waals surface area contributed by atoms with Crippen LogP contribution < -0.4 is 5.73 Å². The SMILES string of the molecule is NC(Cc1c[nH]c2ccccc12)c1nc(-c2ccccc2)c(-c2ccccc2)[nH]1. The molecule has 4 N–H and O–H groups in total. The summed E-state index contributed by atoms with van der Waals surface area (Å²) in [5.41, 5.74) is 13.0. The maximum absolute atomic E-state index is 6.61. The first-order chi connectivity index (χ1) is 14.3. The molecule has 5 aromatic rings. The van der Waals surface area contributed by atoms with E-state index in [1.54, 1.807) is 0 Å². The Morgan fingerprint density at radius 3 is 2.21 bits per heavy atom. The Kier molecular flexibility index (Phi) is 4.47. The number of H-pyrrole nitrogens is 2. The lowest BCUT2D eigenvalue weighted by Gasteiger charge is -2.08. The van der Waals surface area contributed by atoms with Gasteiger partial charge in [0, 0.05) is 28.2 Å². The van der Waals surface area contributed by atoms with E-state index in [4.69, 9.17) is 10.7 Å². The predicted molar refractivity (Wildman–Crippen MR) is 118 cm³/mol. The Bertz CT molecular complexity index is 1180. The Balaban J connectivity index is 1.54. The van der Waals surface area contributed by atoms with Crippen LogP contribution in [0.1, 0.15) is 17.4 Å². The number of aromatic amines is 2. The Morgan fingerprint density at radius 2 is 1.45 bits per heavy atom. The molecule has 2 aromatic heterocycles. The minimum atomic E-state index is -0.228. The standard InChI is InChI=1S/C25H22N4/c26-21(15-19-16-27-22-14-8-7-13-20(19)22)25-28-23(17-9-3-1-4-10-17)24(29-25)18-11-5-2-6-12-18/h1-14,16,21,27H,15,26H2,(H,28,29). The summed E-state index contributed by atoms with van der Waals surface area (Å²) in [6.45, 7) is 0. The highest BCUT2D eigenvalue weighted by Gasteiger charge is 2.19. The fraction of sp³-hybridized carbons (Fsp3) is 0.0800. The Labute approximate surface area is 169 Å². The highest BCUT2D eigenvalue weighted by Crippen LogP contribution is 2.32. The molecule has 4 heteroatoms. The smallest absolute Gasteiger partial charge is 0.124 e. The number of para-hydroxylation sites is 1. The van der Waals surface area contributed by atoms with Crippen molar-refractivity contribution in [2.75, 3.05) is 0 Å². The lowest BCUT2D eigenvalue weighted by Crippen LogP contribution is -2.15. The first kappa shape index (κ1) is 17.5. The fourth-order valence-corrected chi connectivity index (χ4v) is 3.82. The zero-order chi connectivity index (χ0) is 19.6. The van der Waals surface area contributed by atoms with Crippen LogP contribution in [-0.2, 0) is 6.42 Å². The maximum Gasteiger partial charge on any atom is 0.124 e. The Morgan fingerprint density at radius 1 is 0.793 bits per heavy atom. The molecule has 5 rings (SSSR count). The van der Waals surface area contributed by atoms with Crippen molar-refractivity contribution in [3.63, 3.8) is 0 Å². The van der Waals surface area contributed by atoms with E-state index in [1.165, 1.54) is 10.9 Å². The molecule has 2 heterocycles. The molecule has 4 nitrogen and oxygen atoms in total. The van der Waals surface area contributed by atoms with E-state index < -0.39 is 0 Å². The van der Waals surface area contributed by atoms with E-state index in [1.807, 2.05) is 48.7 Å². The molecule has 0 aliphatic carbocycles. The normalized spacial score (nSPS) is 12.3. The summed E-state index contributed by atoms with van der Waals surface area (Å²) < 4.78 is 0.